The van der Waals surface area contributed by atoms with Gasteiger partial charge in [-0.15, -0.1) is 0 Å². The van der Waals surface area contributed by atoms with Gasteiger partial charge in [-0.1, -0.05) is 19.1 Å². The predicted octanol–water partition coefficient (Wildman–Crippen LogP) is 2.26. The molecule has 94 valence electrons. The van der Waals surface area contributed by atoms with Gasteiger partial charge in [0.15, 0.2) is 0 Å². The summed E-state index contributed by atoms with van der Waals surface area (Å²) < 4.78 is 12.9. The Morgan fingerprint density at radius 3 is 2.76 bits per heavy atom. The number of nitrogens with two attached hydrogens (primary N) is 1. The highest BCUT2D eigenvalue weighted by atomic mass is 32.2. The number of halogens is 1. The van der Waals surface area contributed by atoms with E-state index in [0.717, 1.165) is 24.4 Å². The van der Waals surface area contributed by atoms with Gasteiger partial charge in [0.05, 0.1) is 0 Å². The van der Waals surface area contributed by atoms with Crippen molar-refractivity contribution in [3.63, 3.8) is 0 Å². The minimum Gasteiger partial charge on any atom is -0.329 e. The van der Waals surface area contributed by atoms with Crippen molar-refractivity contribution < 1.29 is 4.39 Å². The first-order valence-corrected chi connectivity index (χ1v) is 7.06. The van der Waals surface area contributed by atoms with Crippen LogP contribution in [0.4, 0.5) is 4.39 Å². The van der Waals surface area contributed by atoms with Crippen molar-refractivity contribution in [2.75, 3.05) is 25.4 Å². The Bertz CT molecular complexity index is 355. The number of thioether (sulfide) groups is 1. The van der Waals surface area contributed by atoms with Gasteiger partial charge in [0.2, 0.25) is 0 Å². The molecule has 0 saturated carbocycles. The predicted molar refractivity (Wildman–Crippen MR) is 71.7 cm³/mol. The SMILES string of the molecule is CC1CN(C(CN)c2ccc(F)cc2)CCS1. The van der Waals surface area contributed by atoms with Crippen molar-refractivity contribution in [2.24, 2.45) is 5.73 Å². The summed E-state index contributed by atoms with van der Waals surface area (Å²) in [5.41, 5.74) is 7.00. The van der Waals surface area contributed by atoms with E-state index in [4.69, 9.17) is 5.73 Å². The van der Waals surface area contributed by atoms with Gasteiger partial charge >= 0.3 is 0 Å². The maximum atomic E-state index is 12.9. The number of rotatable bonds is 3. The van der Waals surface area contributed by atoms with Gasteiger partial charge in [0, 0.05) is 36.7 Å². The van der Waals surface area contributed by atoms with Crippen molar-refractivity contribution in [2.45, 2.75) is 18.2 Å². The van der Waals surface area contributed by atoms with Gasteiger partial charge in [-0.2, -0.15) is 11.8 Å². The Morgan fingerprint density at radius 2 is 2.18 bits per heavy atom. The summed E-state index contributed by atoms with van der Waals surface area (Å²) in [4.78, 5) is 2.41. The second kappa shape index (κ2) is 5.85. The normalized spacial score (nSPS) is 23.6. The zero-order chi connectivity index (χ0) is 12.3. The summed E-state index contributed by atoms with van der Waals surface area (Å²) in [6.07, 6.45) is 0. The molecule has 4 heteroatoms. The first-order valence-electron chi connectivity index (χ1n) is 6.02. The molecule has 1 aliphatic heterocycles. The summed E-state index contributed by atoms with van der Waals surface area (Å²) in [5.74, 6) is 0.964. The minimum absolute atomic E-state index is 0.188. The van der Waals surface area contributed by atoms with E-state index in [1.165, 1.54) is 12.1 Å². The molecule has 1 aromatic rings. The summed E-state index contributed by atoms with van der Waals surface area (Å²) >= 11 is 2.00. The third kappa shape index (κ3) is 3.21. The van der Waals surface area contributed by atoms with Gasteiger partial charge in [0.25, 0.3) is 0 Å². The number of benzene rings is 1. The van der Waals surface area contributed by atoms with Gasteiger partial charge in [-0.3, -0.25) is 4.90 Å². The van der Waals surface area contributed by atoms with E-state index < -0.39 is 0 Å². The molecule has 2 rings (SSSR count). The fourth-order valence-electron chi connectivity index (χ4n) is 2.31. The molecule has 1 heterocycles. The fourth-order valence-corrected chi connectivity index (χ4v) is 3.35. The van der Waals surface area contributed by atoms with Crippen molar-refractivity contribution in [1.29, 1.82) is 0 Å². The number of hydrogen-bond acceptors (Lipinski definition) is 3. The van der Waals surface area contributed by atoms with Crippen LogP contribution in [-0.2, 0) is 0 Å². The van der Waals surface area contributed by atoms with Crippen molar-refractivity contribution in [1.82, 2.24) is 4.90 Å². The standard InChI is InChI=1S/C13H19FN2S/c1-10-9-16(6-7-17-10)13(8-15)11-2-4-12(14)5-3-11/h2-5,10,13H,6-9,15H2,1H3. The van der Waals surface area contributed by atoms with E-state index in [9.17, 15) is 4.39 Å². The highest BCUT2D eigenvalue weighted by molar-refractivity contribution is 7.99. The van der Waals surface area contributed by atoms with Crippen molar-refractivity contribution in [3.05, 3.63) is 35.6 Å². The molecule has 1 aromatic carbocycles. The van der Waals surface area contributed by atoms with Gasteiger partial charge in [-0.05, 0) is 17.7 Å². The van der Waals surface area contributed by atoms with Crippen LogP contribution in [0.25, 0.3) is 0 Å². The van der Waals surface area contributed by atoms with E-state index >= 15 is 0 Å². The quantitative estimate of drug-likeness (QED) is 0.897. The van der Waals surface area contributed by atoms with Crippen molar-refractivity contribution >= 4 is 11.8 Å². The monoisotopic (exact) mass is 254 g/mol. The first kappa shape index (κ1) is 12.9. The largest absolute Gasteiger partial charge is 0.329 e. The summed E-state index contributed by atoms with van der Waals surface area (Å²) in [7, 11) is 0. The molecule has 1 aliphatic rings. The smallest absolute Gasteiger partial charge is 0.123 e. The molecule has 2 nitrogen and oxygen atoms in total. The fraction of sp³-hybridized carbons (Fsp3) is 0.538. The van der Waals surface area contributed by atoms with Gasteiger partial charge < -0.3 is 5.73 Å². The molecule has 2 atom stereocenters. The third-order valence-electron chi connectivity index (χ3n) is 3.19. The molecule has 1 fully saturated rings. The van der Waals surface area contributed by atoms with E-state index in [2.05, 4.69) is 11.8 Å². The molecule has 0 spiro atoms. The Morgan fingerprint density at radius 1 is 1.47 bits per heavy atom. The second-order valence-electron chi connectivity index (χ2n) is 4.48. The molecular weight excluding hydrogens is 235 g/mol. The number of hydrogen-bond donors (Lipinski definition) is 1. The molecule has 2 N–H and O–H groups in total. The first-order chi connectivity index (χ1) is 8.20. The lowest BCUT2D eigenvalue weighted by Gasteiger charge is -2.36. The van der Waals surface area contributed by atoms with Crippen LogP contribution in [-0.4, -0.2) is 35.5 Å². The topological polar surface area (TPSA) is 29.3 Å². The lowest BCUT2D eigenvalue weighted by atomic mass is 10.0. The highest BCUT2D eigenvalue weighted by Crippen LogP contribution is 2.26. The van der Waals surface area contributed by atoms with Gasteiger partial charge in [0.1, 0.15) is 5.82 Å². The average Bonchev–Trinajstić information content (AvgIpc) is 2.33. The Labute approximate surface area is 106 Å². The molecule has 0 aliphatic carbocycles. The lowest BCUT2D eigenvalue weighted by Crippen LogP contribution is -2.42. The molecule has 17 heavy (non-hydrogen) atoms. The van der Waals surface area contributed by atoms with Crippen LogP contribution in [0, 0.1) is 5.82 Å². The maximum absolute atomic E-state index is 12.9. The minimum atomic E-state index is -0.188. The highest BCUT2D eigenvalue weighted by Gasteiger charge is 2.24. The molecule has 2 unspecified atom stereocenters. The van der Waals surface area contributed by atoms with Crippen LogP contribution in [0.15, 0.2) is 24.3 Å². The summed E-state index contributed by atoms with van der Waals surface area (Å²) in [5, 5.41) is 0.651. The van der Waals surface area contributed by atoms with Crippen LogP contribution >= 0.6 is 11.8 Å². The molecular formula is C13H19FN2S. The third-order valence-corrected chi connectivity index (χ3v) is 4.33. The van der Waals surface area contributed by atoms with Crippen LogP contribution in [0.2, 0.25) is 0 Å². The van der Waals surface area contributed by atoms with Gasteiger partial charge in [-0.25, -0.2) is 4.39 Å². The molecule has 1 saturated heterocycles. The Kier molecular flexibility index (Phi) is 4.42. The molecule has 0 aromatic heterocycles. The van der Waals surface area contributed by atoms with E-state index in [-0.39, 0.29) is 11.9 Å². The number of nitrogens with zero attached hydrogens (tertiary/aromatic N) is 1. The zero-order valence-electron chi connectivity index (χ0n) is 10.1. The maximum Gasteiger partial charge on any atom is 0.123 e. The summed E-state index contributed by atoms with van der Waals surface area (Å²) in [6.45, 7) is 4.95. The lowest BCUT2D eigenvalue weighted by molar-refractivity contribution is 0.211. The van der Waals surface area contributed by atoms with E-state index in [1.54, 1.807) is 0 Å². The van der Waals surface area contributed by atoms with E-state index in [1.807, 2.05) is 23.9 Å². The Hall–Kier alpha value is -0.580. The Balaban J connectivity index is 2.12. The van der Waals surface area contributed by atoms with E-state index in [0.29, 0.717) is 11.8 Å². The molecule has 0 amide bonds. The van der Waals surface area contributed by atoms with Crippen molar-refractivity contribution in [3.8, 4) is 0 Å². The summed E-state index contributed by atoms with van der Waals surface area (Å²) in [6, 6.07) is 6.94. The zero-order valence-corrected chi connectivity index (χ0v) is 10.9. The van der Waals surface area contributed by atoms with Crippen LogP contribution in [0.3, 0.4) is 0 Å². The van der Waals surface area contributed by atoms with Crippen LogP contribution in [0.5, 0.6) is 0 Å². The molecule has 0 bridgehead atoms. The van der Waals surface area contributed by atoms with Crippen LogP contribution in [0.1, 0.15) is 18.5 Å². The second-order valence-corrected chi connectivity index (χ2v) is 6.03. The van der Waals surface area contributed by atoms with Crippen LogP contribution < -0.4 is 5.73 Å². The average molecular weight is 254 g/mol. The molecule has 0 radical (unpaired) electrons.